The van der Waals surface area contributed by atoms with Gasteiger partial charge in [-0.2, -0.15) is 0 Å². The lowest BCUT2D eigenvalue weighted by Gasteiger charge is -2.27. The number of benzene rings is 1. The van der Waals surface area contributed by atoms with Gasteiger partial charge in [-0.3, -0.25) is 4.79 Å². The van der Waals surface area contributed by atoms with Crippen molar-refractivity contribution in [1.29, 1.82) is 0 Å². The van der Waals surface area contributed by atoms with Crippen LogP contribution in [0.5, 0.6) is 5.75 Å². The van der Waals surface area contributed by atoms with Crippen molar-refractivity contribution in [3.8, 4) is 5.75 Å². The molecule has 1 aromatic carbocycles. The van der Waals surface area contributed by atoms with Crippen LogP contribution in [-0.2, 0) is 24.3 Å². The van der Waals surface area contributed by atoms with Crippen LogP contribution in [0.4, 0.5) is 4.79 Å². The Hall–Kier alpha value is -2.54. The number of carbonyl (C=O) groups excluding carboxylic acids is 2. The van der Waals surface area contributed by atoms with E-state index in [1.807, 2.05) is 29.2 Å². The molecular weight excluding hydrogens is 398 g/mol. The second-order valence-corrected chi connectivity index (χ2v) is 8.96. The first-order valence-corrected chi connectivity index (χ1v) is 11.7. The fourth-order valence-corrected chi connectivity index (χ4v) is 4.92. The molecule has 0 atom stereocenters. The number of nitrogens with zero attached hydrogens (tertiary/aromatic N) is 1. The third-order valence-corrected chi connectivity index (χ3v) is 6.79. The van der Waals surface area contributed by atoms with Gasteiger partial charge in [-0.1, -0.05) is 12.1 Å². The Morgan fingerprint density at radius 1 is 1.10 bits per heavy atom. The maximum atomic E-state index is 12.4. The standard InChI is InChI=1S/C23H29N3O3S/c27-22(26-13-10-21-18(16-26)11-14-30-21)9-12-24-23(28)25-15-17-5-7-20(8-6-17)29-19-3-1-2-4-19/h5-8,11,14,19H,1-4,9-10,12-13,15-16H2,(H2,24,25,28). The molecule has 0 bridgehead atoms. The highest BCUT2D eigenvalue weighted by Crippen LogP contribution is 2.25. The van der Waals surface area contributed by atoms with E-state index in [-0.39, 0.29) is 11.9 Å². The molecule has 4 rings (SSSR count). The minimum atomic E-state index is -0.257. The fraction of sp³-hybridized carbons (Fsp3) is 0.478. The molecule has 1 aliphatic carbocycles. The predicted molar refractivity (Wildman–Crippen MR) is 118 cm³/mol. The van der Waals surface area contributed by atoms with Crippen molar-refractivity contribution in [3.63, 3.8) is 0 Å². The number of hydrogen-bond acceptors (Lipinski definition) is 4. The first-order chi connectivity index (χ1) is 14.7. The molecular formula is C23H29N3O3S. The number of urea groups is 1. The topological polar surface area (TPSA) is 70.7 Å². The molecule has 7 heteroatoms. The van der Waals surface area contributed by atoms with E-state index in [4.69, 9.17) is 4.74 Å². The molecule has 0 radical (unpaired) electrons. The van der Waals surface area contributed by atoms with Crippen LogP contribution >= 0.6 is 11.3 Å². The van der Waals surface area contributed by atoms with Gasteiger partial charge in [0.15, 0.2) is 0 Å². The van der Waals surface area contributed by atoms with Crippen molar-refractivity contribution >= 4 is 23.3 Å². The molecule has 0 spiro atoms. The zero-order chi connectivity index (χ0) is 20.8. The molecule has 1 aromatic heterocycles. The van der Waals surface area contributed by atoms with Gasteiger partial charge < -0.3 is 20.3 Å². The Morgan fingerprint density at radius 2 is 1.90 bits per heavy atom. The molecule has 0 saturated heterocycles. The van der Waals surface area contributed by atoms with Gasteiger partial charge in [0.2, 0.25) is 5.91 Å². The zero-order valence-electron chi connectivity index (χ0n) is 17.2. The van der Waals surface area contributed by atoms with Gasteiger partial charge in [-0.05, 0) is 66.8 Å². The normalized spacial score (nSPS) is 16.2. The summed E-state index contributed by atoms with van der Waals surface area (Å²) in [5, 5.41) is 7.70. The number of amides is 3. The van der Waals surface area contributed by atoms with Crippen LogP contribution in [0.2, 0.25) is 0 Å². The first kappa shape index (κ1) is 20.7. The predicted octanol–water partition coefficient (Wildman–Crippen LogP) is 3.84. The van der Waals surface area contributed by atoms with Crippen LogP contribution in [0.1, 0.15) is 48.1 Å². The third kappa shape index (κ3) is 5.53. The molecule has 2 N–H and O–H groups in total. The zero-order valence-corrected chi connectivity index (χ0v) is 18.0. The van der Waals surface area contributed by atoms with Gasteiger partial charge in [-0.15, -0.1) is 11.3 Å². The minimum absolute atomic E-state index is 0.0880. The average molecular weight is 428 g/mol. The molecule has 2 aromatic rings. The summed E-state index contributed by atoms with van der Waals surface area (Å²) in [6.45, 7) is 2.23. The number of thiophene rings is 1. The van der Waals surface area contributed by atoms with Crippen LogP contribution in [0.15, 0.2) is 35.7 Å². The van der Waals surface area contributed by atoms with E-state index in [2.05, 4.69) is 22.1 Å². The number of nitrogens with one attached hydrogen (secondary N) is 2. The Balaban J connectivity index is 1.13. The van der Waals surface area contributed by atoms with Crippen LogP contribution in [0.3, 0.4) is 0 Å². The van der Waals surface area contributed by atoms with E-state index < -0.39 is 0 Å². The molecule has 2 heterocycles. The van der Waals surface area contributed by atoms with E-state index in [0.29, 0.717) is 32.2 Å². The molecule has 0 unspecified atom stereocenters. The van der Waals surface area contributed by atoms with Gasteiger partial charge in [-0.25, -0.2) is 4.79 Å². The third-order valence-electron chi connectivity index (χ3n) is 5.77. The largest absolute Gasteiger partial charge is 0.490 e. The summed E-state index contributed by atoms with van der Waals surface area (Å²) in [4.78, 5) is 27.7. The highest BCUT2D eigenvalue weighted by atomic mass is 32.1. The van der Waals surface area contributed by atoms with Gasteiger partial charge in [0.1, 0.15) is 5.75 Å². The summed E-state index contributed by atoms with van der Waals surface area (Å²) in [5.41, 5.74) is 2.27. The van der Waals surface area contributed by atoms with Gasteiger partial charge in [0.05, 0.1) is 6.10 Å². The Bertz CT molecular complexity index is 859. The molecule has 160 valence electrons. The lowest BCUT2D eigenvalue weighted by Crippen LogP contribution is -2.40. The Labute approximate surface area is 181 Å². The van der Waals surface area contributed by atoms with Crippen molar-refractivity contribution in [2.75, 3.05) is 13.1 Å². The fourth-order valence-electron chi connectivity index (χ4n) is 4.03. The summed E-state index contributed by atoms with van der Waals surface area (Å²) < 4.78 is 5.96. The minimum Gasteiger partial charge on any atom is -0.490 e. The van der Waals surface area contributed by atoms with E-state index >= 15 is 0 Å². The highest BCUT2D eigenvalue weighted by molar-refractivity contribution is 7.10. The van der Waals surface area contributed by atoms with Crippen LogP contribution in [0, 0.1) is 0 Å². The maximum absolute atomic E-state index is 12.4. The molecule has 2 aliphatic rings. The molecule has 1 fully saturated rings. The molecule has 30 heavy (non-hydrogen) atoms. The lowest BCUT2D eigenvalue weighted by molar-refractivity contribution is -0.131. The molecule has 1 saturated carbocycles. The van der Waals surface area contributed by atoms with Crippen molar-refractivity contribution in [2.24, 2.45) is 0 Å². The van der Waals surface area contributed by atoms with Crippen molar-refractivity contribution in [3.05, 3.63) is 51.7 Å². The Morgan fingerprint density at radius 3 is 2.70 bits per heavy atom. The van der Waals surface area contributed by atoms with Crippen molar-refractivity contribution < 1.29 is 14.3 Å². The van der Waals surface area contributed by atoms with Gasteiger partial charge in [0.25, 0.3) is 0 Å². The second-order valence-electron chi connectivity index (χ2n) is 7.96. The van der Waals surface area contributed by atoms with Crippen molar-refractivity contribution in [1.82, 2.24) is 15.5 Å². The number of rotatable bonds is 7. The van der Waals surface area contributed by atoms with Crippen LogP contribution < -0.4 is 15.4 Å². The number of fused-ring (bicyclic) bond motifs is 1. The number of ether oxygens (including phenoxy) is 1. The average Bonchev–Trinajstić information content (AvgIpc) is 3.44. The summed E-state index contributed by atoms with van der Waals surface area (Å²) in [6.07, 6.45) is 6.37. The molecule has 3 amide bonds. The number of hydrogen-bond donors (Lipinski definition) is 2. The van der Waals surface area contributed by atoms with Gasteiger partial charge >= 0.3 is 6.03 Å². The van der Waals surface area contributed by atoms with Crippen molar-refractivity contribution in [2.45, 2.75) is 57.7 Å². The summed E-state index contributed by atoms with van der Waals surface area (Å²) in [7, 11) is 0. The summed E-state index contributed by atoms with van der Waals surface area (Å²) in [6, 6.07) is 9.71. The van der Waals surface area contributed by atoms with E-state index in [1.165, 1.54) is 23.3 Å². The quantitative estimate of drug-likeness (QED) is 0.705. The smallest absolute Gasteiger partial charge is 0.315 e. The van der Waals surface area contributed by atoms with E-state index in [9.17, 15) is 9.59 Å². The van der Waals surface area contributed by atoms with E-state index in [0.717, 1.165) is 37.1 Å². The Kier molecular flexibility index (Phi) is 6.89. The lowest BCUT2D eigenvalue weighted by atomic mass is 10.1. The second kappa shape index (κ2) is 9.98. The number of carbonyl (C=O) groups is 2. The summed E-state index contributed by atoms with van der Waals surface area (Å²) in [5.74, 6) is 0.978. The van der Waals surface area contributed by atoms with Crippen LogP contribution in [0.25, 0.3) is 0 Å². The molecule has 6 nitrogen and oxygen atoms in total. The SMILES string of the molecule is O=C(NCCC(=O)N1CCc2sccc2C1)NCc1ccc(OC2CCCC2)cc1. The molecule has 1 aliphatic heterocycles. The van der Waals surface area contributed by atoms with Crippen LogP contribution in [-0.4, -0.2) is 36.0 Å². The van der Waals surface area contributed by atoms with Gasteiger partial charge in [0, 0.05) is 37.5 Å². The highest BCUT2D eigenvalue weighted by Gasteiger charge is 2.21. The summed E-state index contributed by atoms with van der Waals surface area (Å²) >= 11 is 1.76. The maximum Gasteiger partial charge on any atom is 0.315 e. The van der Waals surface area contributed by atoms with E-state index in [1.54, 1.807) is 11.3 Å². The monoisotopic (exact) mass is 427 g/mol. The first-order valence-electron chi connectivity index (χ1n) is 10.8.